The quantitative estimate of drug-likeness (QED) is 0.781. The monoisotopic (exact) mass is 288 g/mol. The Morgan fingerprint density at radius 3 is 2.25 bits per heavy atom. The number of carbonyl (C=O) groups excluding carboxylic acids is 1. The Morgan fingerprint density at radius 1 is 1.05 bits per heavy atom. The molecule has 3 heteroatoms. The molecule has 20 heavy (non-hydrogen) atoms. The van der Waals surface area contributed by atoms with Gasteiger partial charge in [-0.25, -0.2) is 0 Å². The lowest BCUT2D eigenvalue weighted by molar-refractivity contribution is -0.150. The maximum absolute atomic E-state index is 12.3. The van der Waals surface area contributed by atoms with Crippen LogP contribution in [0.1, 0.15) is 25.0 Å². The smallest absolute Gasteiger partial charge is 0.316 e. The molecule has 2 nitrogen and oxygen atoms in total. The normalized spacial score (nSPS) is 11.2. The van der Waals surface area contributed by atoms with E-state index in [4.69, 9.17) is 16.3 Å². The molecule has 0 spiro atoms. The number of hydrogen-bond donors (Lipinski definition) is 0. The molecule has 0 unspecified atom stereocenters. The zero-order valence-corrected chi connectivity index (χ0v) is 12.4. The number of hydrogen-bond acceptors (Lipinski definition) is 2. The summed E-state index contributed by atoms with van der Waals surface area (Å²) in [4.78, 5) is 12.3. The Bertz CT molecular complexity index is 574. The highest BCUT2D eigenvalue weighted by Gasteiger charge is 2.31. The van der Waals surface area contributed by atoms with Crippen molar-refractivity contribution in [2.45, 2.75) is 25.9 Å². The minimum atomic E-state index is -0.695. The van der Waals surface area contributed by atoms with E-state index in [1.54, 1.807) is 12.1 Å². The molecule has 0 saturated heterocycles. The van der Waals surface area contributed by atoms with Gasteiger partial charge in [0.2, 0.25) is 0 Å². The highest BCUT2D eigenvalue weighted by Crippen LogP contribution is 2.26. The molecule has 0 heterocycles. The number of rotatable bonds is 4. The summed E-state index contributed by atoms with van der Waals surface area (Å²) in [6.45, 7) is 3.99. The van der Waals surface area contributed by atoms with Crippen molar-refractivity contribution >= 4 is 17.6 Å². The lowest BCUT2D eigenvalue weighted by atomic mass is 9.85. The second-order valence-electron chi connectivity index (χ2n) is 5.19. The third-order valence-corrected chi connectivity index (χ3v) is 3.54. The van der Waals surface area contributed by atoms with E-state index in [-0.39, 0.29) is 12.6 Å². The van der Waals surface area contributed by atoms with E-state index in [1.165, 1.54) is 0 Å². The number of ether oxygens (including phenoxy) is 1. The molecule has 0 amide bonds. The summed E-state index contributed by atoms with van der Waals surface area (Å²) in [5.74, 6) is -0.247. The summed E-state index contributed by atoms with van der Waals surface area (Å²) >= 11 is 5.87. The first-order chi connectivity index (χ1) is 9.50. The topological polar surface area (TPSA) is 26.3 Å². The number of halogens is 1. The molecular formula is C17H17ClO2. The summed E-state index contributed by atoms with van der Waals surface area (Å²) in [6, 6.07) is 16.9. The van der Waals surface area contributed by atoms with Crippen LogP contribution in [-0.2, 0) is 21.6 Å². The second kappa shape index (κ2) is 6.10. The minimum Gasteiger partial charge on any atom is -0.460 e. The van der Waals surface area contributed by atoms with Gasteiger partial charge < -0.3 is 4.74 Å². The standard InChI is InChI=1S/C17H17ClO2/c1-17(2,14-8-10-15(18)11-9-14)16(19)20-12-13-6-4-3-5-7-13/h3-11H,12H2,1-2H3. The van der Waals surface area contributed by atoms with E-state index in [2.05, 4.69) is 0 Å². The van der Waals surface area contributed by atoms with Crippen molar-refractivity contribution in [2.75, 3.05) is 0 Å². The van der Waals surface area contributed by atoms with Crippen LogP contribution in [0.5, 0.6) is 0 Å². The van der Waals surface area contributed by atoms with E-state index in [0.29, 0.717) is 5.02 Å². The molecule has 0 aliphatic heterocycles. The molecule has 2 aromatic rings. The van der Waals surface area contributed by atoms with Crippen molar-refractivity contribution < 1.29 is 9.53 Å². The third kappa shape index (κ3) is 3.40. The molecule has 0 radical (unpaired) electrons. The molecular weight excluding hydrogens is 272 g/mol. The van der Waals surface area contributed by atoms with Crippen LogP contribution < -0.4 is 0 Å². The van der Waals surface area contributed by atoms with Crippen molar-refractivity contribution in [3.05, 3.63) is 70.7 Å². The molecule has 0 saturated carbocycles. The van der Waals surface area contributed by atoms with Crippen molar-refractivity contribution in [2.24, 2.45) is 0 Å². The van der Waals surface area contributed by atoms with Crippen LogP contribution >= 0.6 is 11.6 Å². The van der Waals surface area contributed by atoms with Crippen molar-refractivity contribution in [1.29, 1.82) is 0 Å². The molecule has 2 aromatic carbocycles. The SMILES string of the molecule is CC(C)(C(=O)OCc1ccccc1)c1ccc(Cl)cc1. The van der Waals surface area contributed by atoms with E-state index >= 15 is 0 Å². The Balaban J connectivity index is 2.05. The van der Waals surface area contributed by atoms with Gasteiger partial charge >= 0.3 is 5.97 Å². The maximum Gasteiger partial charge on any atom is 0.316 e. The van der Waals surface area contributed by atoms with Crippen molar-refractivity contribution in [1.82, 2.24) is 0 Å². The highest BCUT2D eigenvalue weighted by molar-refractivity contribution is 6.30. The summed E-state index contributed by atoms with van der Waals surface area (Å²) in [7, 11) is 0. The zero-order chi connectivity index (χ0) is 14.6. The van der Waals surface area contributed by atoms with Crippen LogP contribution in [0.4, 0.5) is 0 Å². The summed E-state index contributed by atoms with van der Waals surface area (Å²) in [6.07, 6.45) is 0. The van der Waals surface area contributed by atoms with Crippen molar-refractivity contribution in [3.63, 3.8) is 0 Å². The highest BCUT2D eigenvalue weighted by atomic mass is 35.5. The van der Waals surface area contributed by atoms with Crippen molar-refractivity contribution in [3.8, 4) is 0 Å². The predicted molar refractivity (Wildman–Crippen MR) is 80.7 cm³/mol. The summed E-state index contributed by atoms with van der Waals surface area (Å²) in [5, 5.41) is 0.655. The van der Waals surface area contributed by atoms with Gasteiger partial charge in [-0.05, 0) is 37.1 Å². The first kappa shape index (κ1) is 14.6. The lowest BCUT2D eigenvalue weighted by Gasteiger charge is -2.23. The molecule has 0 atom stereocenters. The summed E-state index contributed by atoms with van der Waals surface area (Å²) < 4.78 is 5.41. The fourth-order valence-corrected chi connectivity index (χ4v) is 2.01. The van der Waals surface area contributed by atoms with Gasteiger partial charge in [-0.1, -0.05) is 54.1 Å². The number of benzene rings is 2. The zero-order valence-electron chi connectivity index (χ0n) is 11.6. The second-order valence-corrected chi connectivity index (χ2v) is 5.63. The minimum absolute atomic E-state index is 0.247. The predicted octanol–water partition coefficient (Wildman–Crippen LogP) is 4.36. The van der Waals surface area contributed by atoms with Crippen LogP contribution in [-0.4, -0.2) is 5.97 Å². The number of carbonyl (C=O) groups is 1. The van der Waals surface area contributed by atoms with Crippen LogP contribution in [0.25, 0.3) is 0 Å². The molecule has 104 valence electrons. The van der Waals surface area contributed by atoms with Gasteiger partial charge in [0.15, 0.2) is 0 Å². The van der Waals surface area contributed by atoms with Gasteiger partial charge in [0.05, 0.1) is 5.41 Å². The van der Waals surface area contributed by atoms with Crippen LogP contribution in [0.2, 0.25) is 5.02 Å². The molecule has 0 N–H and O–H groups in total. The Hall–Kier alpha value is -1.80. The fraction of sp³-hybridized carbons (Fsp3) is 0.235. The Labute approximate surface area is 124 Å². The molecule has 0 aromatic heterocycles. The Morgan fingerprint density at radius 2 is 1.65 bits per heavy atom. The van der Waals surface area contributed by atoms with Gasteiger partial charge in [0.25, 0.3) is 0 Å². The molecule has 2 rings (SSSR count). The first-order valence-electron chi connectivity index (χ1n) is 6.47. The average Bonchev–Trinajstić information content (AvgIpc) is 2.46. The molecule has 0 aliphatic rings. The first-order valence-corrected chi connectivity index (χ1v) is 6.85. The molecule has 0 fully saturated rings. The Kier molecular flexibility index (Phi) is 4.46. The van der Waals surface area contributed by atoms with Gasteiger partial charge in [-0.3, -0.25) is 4.79 Å². The van der Waals surface area contributed by atoms with Crippen LogP contribution in [0.15, 0.2) is 54.6 Å². The van der Waals surface area contributed by atoms with E-state index in [9.17, 15) is 4.79 Å². The van der Waals surface area contributed by atoms with Crippen LogP contribution in [0, 0.1) is 0 Å². The van der Waals surface area contributed by atoms with Gasteiger partial charge in [0.1, 0.15) is 6.61 Å². The molecule has 0 aliphatic carbocycles. The third-order valence-electron chi connectivity index (χ3n) is 3.29. The number of esters is 1. The van der Waals surface area contributed by atoms with Crippen LogP contribution in [0.3, 0.4) is 0 Å². The van der Waals surface area contributed by atoms with Gasteiger partial charge in [-0.2, -0.15) is 0 Å². The lowest BCUT2D eigenvalue weighted by Crippen LogP contribution is -2.30. The summed E-state index contributed by atoms with van der Waals surface area (Å²) in [5.41, 5.74) is 1.17. The largest absolute Gasteiger partial charge is 0.460 e. The average molecular weight is 289 g/mol. The maximum atomic E-state index is 12.3. The molecule has 0 bridgehead atoms. The fourth-order valence-electron chi connectivity index (χ4n) is 1.89. The van der Waals surface area contributed by atoms with Gasteiger partial charge in [0, 0.05) is 5.02 Å². The van der Waals surface area contributed by atoms with E-state index in [0.717, 1.165) is 11.1 Å². The van der Waals surface area contributed by atoms with E-state index in [1.807, 2.05) is 56.3 Å². The van der Waals surface area contributed by atoms with Gasteiger partial charge in [-0.15, -0.1) is 0 Å². The van der Waals surface area contributed by atoms with E-state index < -0.39 is 5.41 Å².